The van der Waals surface area contributed by atoms with Gasteiger partial charge in [-0.25, -0.2) is 0 Å². The Balaban J connectivity index is 0.00000245. The van der Waals surface area contributed by atoms with Crippen molar-refractivity contribution >= 4 is 41.8 Å². The molecule has 2 aliphatic heterocycles. The summed E-state index contributed by atoms with van der Waals surface area (Å²) in [7, 11) is 0. The molecule has 0 bridgehead atoms. The lowest BCUT2D eigenvalue weighted by Gasteiger charge is -2.47. The van der Waals surface area contributed by atoms with Gasteiger partial charge >= 0.3 is 0 Å². The van der Waals surface area contributed by atoms with E-state index in [-0.39, 0.29) is 17.2 Å². The van der Waals surface area contributed by atoms with Gasteiger partial charge in [0.05, 0.1) is 16.5 Å². The summed E-state index contributed by atoms with van der Waals surface area (Å²) in [5, 5.41) is 1.07. The number of likely N-dealkylation sites (tertiary alicyclic amines) is 1. The molecule has 0 N–H and O–H groups in total. The molecule has 3 aromatic carbocycles. The Morgan fingerprint density at radius 3 is 1.72 bits per heavy atom. The summed E-state index contributed by atoms with van der Waals surface area (Å²) in [6, 6.07) is 33.0. The molecule has 2 aliphatic rings. The molecule has 32 heavy (non-hydrogen) atoms. The molecule has 2 heterocycles. The lowest BCUT2D eigenvalue weighted by atomic mass is 9.84. The molecule has 1 fully saturated rings. The van der Waals surface area contributed by atoms with Crippen LogP contribution in [-0.4, -0.2) is 46.6 Å². The number of halogens is 1. The summed E-state index contributed by atoms with van der Waals surface area (Å²) >= 11 is 4.13. The number of benzene rings is 3. The summed E-state index contributed by atoms with van der Waals surface area (Å²) in [5.41, 5.74) is 4.03. The Labute approximate surface area is 206 Å². The van der Waals surface area contributed by atoms with Gasteiger partial charge in [-0.1, -0.05) is 91.0 Å². The second-order valence-electron chi connectivity index (χ2n) is 8.18. The number of amidine groups is 1. The zero-order valence-electron chi connectivity index (χ0n) is 18.3. The average Bonchev–Trinajstić information content (AvgIpc) is 2.81. The van der Waals surface area contributed by atoms with Gasteiger partial charge in [-0.2, -0.15) is 0 Å². The zero-order chi connectivity index (χ0) is 21.1. The molecular weight excluding hydrogens is 452 g/mol. The van der Waals surface area contributed by atoms with Gasteiger partial charge in [0.15, 0.2) is 0 Å². The standard InChI is InChI=1S/C27H28N2S2.ClH/c1-21-26(28-17-18-30-21)29-19-25(20-29)31-27(22-11-5-2-6-12-22,23-13-7-3-8-14-23)24-15-9-4-10-16-24;/h2-16,21,25H,17-20H2,1H3;1H/t21-;/m0./s1. The van der Waals surface area contributed by atoms with Crippen molar-refractivity contribution in [2.24, 2.45) is 4.99 Å². The lowest BCUT2D eigenvalue weighted by molar-refractivity contribution is 0.305. The van der Waals surface area contributed by atoms with Crippen LogP contribution in [0.25, 0.3) is 0 Å². The minimum atomic E-state index is -0.227. The molecule has 1 atom stereocenters. The third kappa shape index (κ3) is 4.46. The largest absolute Gasteiger partial charge is 0.357 e. The van der Waals surface area contributed by atoms with E-state index in [1.54, 1.807) is 0 Å². The van der Waals surface area contributed by atoms with Crippen LogP contribution in [0.15, 0.2) is 96.0 Å². The molecule has 3 aromatic rings. The molecular formula is C27H29ClN2S2. The molecule has 0 spiro atoms. The zero-order valence-corrected chi connectivity index (χ0v) is 20.7. The van der Waals surface area contributed by atoms with Gasteiger partial charge in [-0.05, 0) is 23.6 Å². The predicted molar refractivity (Wildman–Crippen MR) is 144 cm³/mol. The van der Waals surface area contributed by atoms with Crippen molar-refractivity contribution in [1.29, 1.82) is 0 Å². The number of hydrogen-bond donors (Lipinski definition) is 0. The van der Waals surface area contributed by atoms with Crippen LogP contribution in [0.5, 0.6) is 0 Å². The van der Waals surface area contributed by atoms with Crippen LogP contribution >= 0.6 is 35.9 Å². The van der Waals surface area contributed by atoms with Crippen molar-refractivity contribution in [3.05, 3.63) is 108 Å². The van der Waals surface area contributed by atoms with Crippen molar-refractivity contribution in [3.63, 3.8) is 0 Å². The summed E-state index contributed by atoms with van der Waals surface area (Å²) in [6.07, 6.45) is 0. The van der Waals surface area contributed by atoms with Crippen LogP contribution in [0, 0.1) is 0 Å². The summed E-state index contributed by atoms with van der Waals surface area (Å²) < 4.78 is -0.227. The van der Waals surface area contributed by atoms with E-state index in [0.29, 0.717) is 10.5 Å². The Morgan fingerprint density at radius 1 is 0.812 bits per heavy atom. The monoisotopic (exact) mass is 480 g/mol. The second kappa shape index (κ2) is 10.4. The number of nitrogens with zero attached hydrogens (tertiary/aromatic N) is 2. The number of rotatable bonds is 5. The predicted octanol–water partition coefficient (Wildman–Crippen LogP) is 6.35. The quantitative estimate of drug-likeness (QED) is 0.395. The maximum Gasteiger partial charge on any atom is 0.112 e. The number of aliphatic imine (C=N–C) groups is 1. The highest BCUT2D eigenvalue weighted by Gasteiger charge is 2.43. The highest BCUT2D eigenvalue weighted by molar-refractivity contribution is 8.01. The maximum absolute atomic E-state index is 4.85. The Bertz CT molecular complexity index is 925. The fourth-order valence-corrected chi connectivity index (χ4v) is 7.37. The number of thioether (sulfide) groups is 2. The van der Waals surface area contributed by atoms with Crippen molar-refractivity contribution in [3.8, 4) is 0 Å². The van der Waals surface area contributed by atoms with Crippen LogP contribution in [0.4, 0.5) is 0 Å². The van der Waals surface area contributed by atoms with Crippen molar-refractivity contribution in [2.75, 3.05) is 25.4 Å². The first-order valence-corrected chi connectivity index (χ1v) is 13.0. The first kappa shape index (κ1) is 23.3. The van der Waals surface area contributed by atoms with E-state index in [1.165, 1.54) is 22.5 Å². The topological polar surface area (TPSA) is 15.6 Å². The third-order valence-corrected chi connectivity index (χ3v) is 8.97. The van der Waals surface area contributed by atoms with E-state index in [2.05, 4.69) is 115 Å². The fraction of sp³-hybridized carbons (Fsp3) is 0.296. The summed E-state index contributed by atoms with van der Waals surface area (Å²) in [4.78, 5) is 7.35. The molecule has 0 aromatic heterocycles. The van der Waals surface area contributed by atoms with Gasteiger partial charge in [-0.15, -0.1) is 35.9 Å². The fourth-order valence-electron chi connectivity index (χ4n) is 4.62. The van der Waals surface area contributed by atoms with Crippen LogP contribution in [0.3, 0.4) is 0 Å². The molecule has 5 heteroatoms. The molecule has 5 rings (SSSR count). The molecule has 0 saturated carbocycles. The second-order valence-corrected chi connectivity index (χ2v) is 11.1. The van der Waals surface area contributed by atoms with Gasteiger partial charge in [-0.3, -0.25) is 4.99 Å². The lowest BCUT2D eigenvalue weighted by Crippen LogP contribution is -2.56. The van der Waals surface area contributed by atoms with Crippen LogP contribution in [-0.2, 0) is 4.75 Å². The van der Waals surface area contributed by atoms with Gasteiger partial charge in [0.1, 0.15) is 5.84 Å². The summed E-state index contributed by atoms with van der Waals surface area (Å²) in [5.74, 6) is 2.45. The highest BCUT2D eigenvalue weighted by Crippen LogP contribution is 2.51. The van der Waals surface area contributed by atoms with E-state index in [9.17, 15) is 0 Å². The van der Waals surface area contributed by atoms with E-state index in [0.717, 1.165) is 25.4 Å². The van der Waals surface area contributed by atoms with E-state index < -0.39 is 0 Å². The van der Waals surface area contributed by atoms with Crippen LogP contribution < -0.4 is 0 Å². The highest BCUT2D eigenvalue weighted by atomic mass is 35.5. The first-order valence-electron chi connectivity index (χ1n) is 11.0. The van der Waals surface area contributed by atoms with E-state index in [4.69, 9.17) is 4.99 Å². The van der Waals surface area contributed by atoms with E-state index >= 15 is 0 Å². The van der Waals surface area contributed by atoms with Crippen LogP contribution in [0.2, 0.25) is 0 Å². The normalized spacial score (nSPS) is 19.0. The molecule has 0 unspecified atom stereocenters. The molecule has 166 valence electrons. The van der Waals surface area contributed by atoms with Crippen molar-refractivity contribution in [2.45, 2.75) is 22.2 Å². The van der Waals surface area contributed by atoms with Gasteiger partial charge in [0.2, 0.25) is 0 Å². The van der Waals surface area contributed by atoms with Crippen molar-refractivity contribution in [1.82, 2.24) is 4.90 Å². The Morgan fingerprint density at radius 2 is 1.28 bits per heavy atom. The third-order valence-electron chi connectivity index (χ3n) is 6.15. The molecule has 2 nitrogen and oxygen atoms in total. The Kier molecular flexibility index (Phi) is 7.55. The molecule has 0 amide bonds. The smallest absolute Gasteiger partial charge is 0.112 e. The first-order chi connectivity index (χ1) is 15.3. The van der Waals surface area contributed by atoms with E-state index in [1.807, 2.05) is 11.8 Å². The number of hydrogen-bond acceptors (Lipinski definition) is 4. The minimum absolute atomic E-state index is 0. The van der Waals surface area contributed by atoms with Crippen LogP contribution in [0.1, 0.15) is 23.6 Å². The van der Waals surface area contributed by atoms with Crippen molar-refractivity contribution < 1.29 is 0 Å². The molecule has 0 aliphatic carbocycles. The molecule has 0 radical (unpaired) electrons. The van der Waals surface area contributed by atoms with Gasteiger partial charge in [0.25, 0.3) is 0 Å². The van der Waals surface area contributed by atoms with Gasteiger partial charge in [0, 0.05) is 24.1 Å². The Hall–Kier alpha value is -1.88. The SMILES string of the molecule is C[C@@H]1SCCN=C1N1CC(SC(c2ccccc2)(c2ccccc2)c2ccccc2)C1.Cl. The minimum Gasteiger partial charge on any atom is -0.357 e. The average molecular weight is 481 g/mol. The maximum atomic E-state index is 4.85. The summed E-state index contributed by atoms with van der Waals surface area (Å²) in [6.45, 7) is 5.40. The van der Waals surface area contributed by atoms with Gasteiger partial charge < -0.3 is 4.90 Å². The molecule has 1 saturated heterocycles.